The smallest absolute Gasteiger partial charge is 0.0785 e. The maximum absolute atomic E-state index is 9.40. The molecule has 2 atom stereocenters. The molecule has 0 aliphatic rings. The Kier molecular flexibility index (Phi) is 9.35. The van der Waals surface area contributed by atoms with Gasteiger partial charge in [-0.25, -0.2) is 0 Å². The van der Waals surface area contributed by atoms with E-state index in [0.29, 0.717) is 12.6 Å². The Morgan fingerprint density at radius 1 is 1.29 bits per heavy atom. The van der Waals surface area contributed by atoms with E-state index in [1.54, 1.807) is 7.11 Å². The van der Waals surface area contributed by atoms with Gasteiger partial charge in [0.15, 0.2) is 0 Å². The number of aliphatic hydroxyl groups is 1. The monoisotopic (exact) mass is 203 g/mol. The van der Waals surface area contributed by atoms with E-state index in [1.807, 2.05) is 0 Å². The second-order valence-corrected chi connectivity index (χ2v) is 3.75. The molecule has 0 aromatic rings. The average molecular weight is 203 g/mol. The molecular formula is C11H25NO2. The third-order valence-corrected chi connectivity index (χ3v) is 2.40. The molecule has 86 valence electrons. The molecule has 0 heterocycles. The third-order valence-electron chi connectivity index (χ3n) is 2.40. The summed E-state index contributed by atoms with van der Waals surface area (Å²) in [6.07, 6.45) is 4.04. The fourth-order valence-corrected chi connectivity index (χ4v) is 1.53. The van der Waals surface area contributed by atoms with Gasteiger partial charge < -0.3 is 15.2 Å². The highest BCUT2D eigenvalue weighted by atomic mass is 16.5. The number of rotatable bonds is 9. The maximum Gasteiger partial charge on any atom is 0.0785 e. The first-order valence-electron chi connectivity index (χ1n) is 5.64. The van der Waals surface area contributed by atoms with Crippen LogP contribution >= 0.6 is 0 Å². The van der Waals surface area contributed by atoms with Crippen molar-refractivity contribution in [2.75, 3.05) is 20.3 Å². The Morgan fingerprint density at radius 3 is 2.50 bits per heavy atom. The zero-order valence-corrected chi connectivity index (χ0v) is 9.75. The largest absolute Gasteiger partial charge is 0.391 e. The summed E-state index contributed by atoms with van der Waals surface area (Å²) >= 11 is 0. The Morgan fingerprint density at radius 2 is 2.00 bits per heavy atom. The van der Waals surface area contributed by atoms with E-state index < -0.39 is 0 Å². The van der Waals surface area contributed by atoms with Crippen LogP contribution in [0, 0.1) is 0 Å². The Labute approximate surface area is 87.8 Å². The molecule has 3 heteroatoms. The van der Waals surface area contributed by atoms with Crippen LogP contribution in [0.15, 0.2) is 0 Å². The van der Waals surface area contributed by atoms with Crippen molar-refractivity contribution in [2.45, 2.75) is 51.7 Å². The molecule has 0 spiro atoms. The molecule has 0 aliphatic carbocycles. The number of ether oxygens (including phenoxy) is 1. The van der Waals surface area contributed by atoms with Crippen molar-refractivity contribution in [3.05, 3.63) is 0 Å². The average Bonchev–Trinajstić information content (AvgIpc) is 2.17. The van der Waals surface area contributed by atoms with Crippen molar-refractivity contribution >= 4 is 0 Å². The Balaban J connectivity index is 3.40. The van der Waals surface area contributed by atoms with Crippen molar-refractivity contribution in [2.24, 2.45) is 0 Å². The van der Waals surface area contributed by atoms with Gasteiger partial charge in [0.1, 0.15) is 0 Å². The van der Waals surface area contributed by atoms with E-state index in [9.17, 15) is 5.11 Å². The molecule has 2 N–H and O–H groups in total. The Bertz CT molecular complexity index is 120. The van der Waals surface area contributed by atoms with Gasteiger partial charge in [-0.15, -0.1) is 0 Å². The van der Waals surface area contributed by atoms with Crippen LogP contribution in [0.1, 0.15) is 39.5 Å². The second-order valence-electron chi connectivity index (χ2n) is 3.75. The van der Waals surface area contributed by atoms with Crippen LogP contribution in [0.25, 0.3) is 0 Å². The van der Waals surface area contributed by atoms with Gasteiger partial charge in [-0.3, -0.25) is 0 Å². The molecule has 0 aromatic carbocycles. The first-order chi connectivity index (χ1) is 6.74. The minimum atomic E-state index is -0.327. The summed E-state index contributed by atoms with van der Waals surface area (Å²) in [5, 5.41) is 12.8. The lowest BCUT2D eigenvalue weighted by molar-refractivity contribution is 0.0589. The van der Waals surface area contributed by atoms with E-state index in [0.717, 1.165) is 19.4 Å². The van der Waals surface area contributed by atoms with Gasteiger partial charge in [-0.05, 0) is 25.8 Å². The van der Waals surface area contributed by atoms with Crippen LogP contribution < -0.4 is 5.32 Å². The first-order valence-corrected chi connectivity index (χ1v) is 5.64. The van der Waals surface area contributed by atoms with Gasteiger partial charge >= 0.3 is 0 Å². The van der Waals surface area contributed by atoms with Gasteiger partial charge in [0.25, 0.3) is 0 Å². The number of methoxy groups -OCH3 is 1. The summed E-state index contributed by atoms with van der Waals surface area (Å²) in [7, 11) is 1.61. The number of nitrogens with one attached hydrogen (secondary N) is 1. The molecule has 14 heavy (non-hydrogen) atoms. The predicted octanol–water partition coefficient (Wildman–Crippen LogP) is 1.55. The van der Waals surface area contributed by atoms with E-state index in [1.165, 1.54) is 12.8 Å². The number of hydrogen-bond donors (Lipinski definition) is 2. The summed E-state index contributed by atoms with van der Waals surface area (Å²) in [4.78, 5) is 0. The third kappa shape index (κ3) is 7.30. The van der Waals surface area contributed by atoms with Crippen LogP contribution in [0.2, 0.25) is 0 Å². The zero-order chi connectivity index (χ0) is 10.8. The lowest BCUT2D eigenvalue weighted by Gasteiger charge is -2.17. The van der Waals surface area contributed by atoms with E-state index in [4.69, 9.17) is 4.74 Å². The molecule has 0 amide bonds. The standard InChI is InChI=1S/C11H25NO2/c1-4-6-10(5-2)12-8-7-11(13)9-14-3/h10-13H,4-9H2,1-3H3. The molecular weight excluding hydrogens is 178 g/mol. The van der Waals surface area contributed by atoms with Crippen LogP contribution in [-0.4, -0.2) is 37.5 Å². The molecule has 0 saturated carbocycles. The van der Waals surface area contributed by atoms with Gasteiger partial charge in [-0.1, -0.05) is 20.3 Å². The molecule has 0 bridgehead atoms. The summed E-state index contributed by atoms with van der Waals surface area (Å²) in [5.41, 5.74) is 0. The topological polar surface area (TPSA) is 41.5 Å². The van der Waals surface area contributed by atoms with Gasteiger partial charge in [0, 0.05) is 13.2 Å². The maximum atomic E-state index is 9.40. The minimum Gasteiger partial charge on any atom is -0.391 e. The van der Waals surface area contributed by atoms with Crippen molar-refractivity contribution in [1.82, 2.24) is 5.32 Å². The molecule has 0 aromatic heterocycles. The van der Waals surface area contributed by atoms with Gasteiger partial charge in [0.2, 0.25) is 0 Å². The highest BCUT2D eigenvalue weighted by Crippen LogP contribution is 2.01. The summed E-state index contributed by atoms with van der Waals surface area (Å²) < 4.78 is 4.86. The van der Waals surface area contributed by atoms with Crippen LogP contribution in [0.5, 0.6) is 0 Å². The summed E-state index contributed by atoms with van der Waals surface area (Å²) in [5.74, 6) is 0. The molecule has 0 radical (unpaired) electrons. The van der Waals surface area contributed by atoms with Crippen LogP contribution in [0.3, 0.4) is 0 Å². The number of hydrogen-bond acceptors (Lipinski definition) is 3. The predicted molar refractivity (Wildman–Crippen MR) is 59.5 cm³/mol. The zero-order valence-electron chi connectivity index (χ0n) is 9.75. The van der Waals surface area contributed by atoms with E-state index in [2.05, 4.69) is 19.2 Å². The van der Waals surface area contributed by atoms with Crippen molar-refractivity contribution in [3.63, 3.8) is 0 Å². The lowest BCUT2D eigenvalue weighted by atomic mass is 10.1. The molecule has 2 unspecified atom stereocenters. The highest BCUT2D eigenvalue weighted by molar-refractivity contribution is 4.65. The van der Waals surface area contributed by atoms with Crippen molar-refractivity contribution in [3.8, 4) is 0 Å². The van der Waals surface area contributed by atoms with Gasteiger partial charge in [-0.2, -0.15) is 0 Å². The Hall–Kier alpha value is -0.120. The normalized spacial score (nSPS) is 15.4. The highest BCUT2D eigenvalue weighted by Gasteiger charge is 2.06. The fourth-order valence-electron chi connectivity index (χ4n) is 1.53. The quantitative estimate of drug-likeness (QED) is 0.597. The summed E-state index contributed by atoms with van der Waals surface area (Å²) in [6, 6.07) is 0.606. The lowest BCUT2D eigenvalue weighted by Crippen LogP contribution is -2.31. The van der Waals surface area contributed by atoms with E-state index >= 15 is 0 Å². The first kappa shape index (κ1) is 13.9. The number of aliphatic hydroxyl groups excluding tert-OH is 1. The van der Waals surface area contributed by atoms with Crippen molar-refractivity contribution < 1.29 is 9.84 Å². The van der Waals surface area contributed by atoms with Crippen LogP contribution in [0.4, 0.5) is 0 Å². The molecule has 0 aliphatic heterocycles. The second kappa shape index (κ2) is 9.44. The van der Waals surface area contributed by atoms with Gasteiger partial charge in [0.05, 0.1) is 12.7 Å². The van der Waals surface area contributed by atoms with E-state index in [-0.39, 0.29) is 6.10 Å². The van der Waals surface area contributed by atoms with Crippen molar-refractivity contribution in [1.29, 1.82) is 0 Å². The SMILES string of the molecule is CCCC(CC)NCCC(O)COC. The molecule has 0 saturated heterocycles. The molecule has 3 nitrogen and oxygen atoms in total. The molecule has 0 fully saturated rings. The van der Waals surface area contributed by atoms with Crippen LogP contribution in [-0.2, 0) is 4.74 Å². The molecule has 0 rings (SSSR count). The fraction of sp³-hybridized carbons (Fsp3) is 1.00. The summed E-state index contributed by atoms with van der Waals surface area (Å²) in [6.45, 7) is 5.71. The minimum absolute atomic E-state index is 0.327.